The van der Waals surface area contributed by atoms with E-state index in [2.05, 4.69) is 25.7 Å². The van der Waals surface area contributed by atoms with Gasteiger partial charge in [-0.15, -0.1) is 11.8 Å². The van der Waals surface area contributed by atoms with Gasteiger partial charge in [-0.25, -0.2) is 0 Å². The third-order valence-corrected chi connectivity index (χ3v) is 9.68. The fraction of sp³-hybridized carbons (Fsp3) is 0.917. The molecule has 4 aliphatic carbocycles. The molecule has 0 aliphatic heterocycles. The van der Waals surface area contributed by atoms with Crippen molar-refractivity contribution in [1.82, 2.24) is 0 Å². The lowest BCUT2D eigenvalue weighted by Gasteiger charge is -2.63. The van der Waals surface area contributed by atoms with E-state index >= 15 is 0 Å². The maximum atomic E-state index is 11.3. The predicted octanol–water partition coefficient (Wildman–Crippen LogP) is 4.78. The van der Waals surface area contributed by atoms with Gasteiger partial charge in [-0.05, 0) is 92.8 Å². The summed E-state index contributed by atoms with van der Waals surface area (Å²) in [4.78, 5) is 0. The summed E-state index contributed by atoms with van der Waals surface area (Å²) in [7, 11) is 0. The third-order valence-electron chi connectivity index (χ3n) is 9.68. The molecule has 0 radical (unpaired) electrons. The molecule has 4 rings (SSSR count). The second-order valence-corrected chi connectivity index (χ2v) is 10.7. The molecule has 8 atom stereocenters. The minimum atomic E-state index is -0.786. The molecule has 0 aromatic heterocycles. The molecule has 4 saturated carbocycles. The molecular formula is C24H38O2. The van der Waals surface area contributed by atoms with Crippen molar-refractivity contribution in [2.24, 2.45) is 40.4 Å². The van der Waals surface area contributed by atoms with Gasteiger partial charge in [-0.2, -0.15) is 0 Å². The lowest BCUT2D eigenvalue weighted by Crippen LogP contribution is -2.59. The molecule has 0 bridgehead atoms. The molecule has 4 fully saturated rings. The molecule has 0 heterocycles. The van der Waals surface area contributed by atoms with Crippen LogP contribution in [0.3, 0.4) is 0 Å². The highest BCUT2D eigenvalue weighted by Gasteiger charge is 2.61. The summed E-state index contributed by atoms with van der Waals surface area (Å²) in [6.45, 7) is 7.02. The Morgan fingerprint density at radius 3 is 2.54 bits per heavy atom. The summed E-state index contributed by atoms with van der Waals surface area (Å²) >= 11 is 0. The second kappa shape index (κ2) is 6.52. The summed E-state index contributed by atoms with van der Waals surface area (Å²) < 4.78 is 0. The van der Waals surface area contributed by atoms with Crippen LogP contribution in [0.25, 0.3) is 0 Å². The van der Waals surface area contributed by atoms with Crippen LogP contribution in [0.1, 0.15) is 85.0 Å². The molecule has 2 heteroatoms. The predicted molar refractivity (Wildman–Crippen MR) is 105 cm³/mol. The largest absolute Gasteiger partial charge is 0.396 e. The molecule has 0 spiro atoms. The van der Waals surface area contributed by atoms with Crippen molar-refractivity contribution in [2.45, 2.75) is 90.6 Å². The lowest BCUT2D eigenvalue weighted by atomic mass is 9.43. The van der Waals surface area contributed by atoms with Crippen LogP contribution in [-0.2, 0) is 0 Å². The molecule has 2 N–H and O–H groups in total. The van der Waals surface area contributed by atoms with Gasteiger partial charge in [0.1, 0.15) is 0 Å². The summed E-state index contributed by atoms with van der Waals surface area (Å²) in [6, 6.07) is 0. The van der Waals surface area contributed by atoms with Crippen LogP contribution >= 0.6 is 0 Å². The fourth-order valence-corrected chi connectivity index (χ4v) is 8.19. The Kier molecular flexibility index (Phi) is 4.72. The van der Waals surface area contributed by atoms with E-state index in [0.717, 1.165) is 30.6 Å². The van der Waals surface area contributed by atoms with Crippen molar-refractivity contribution in [3.63, 3.8) is 0 Å². The third kappa shape index (κ3) is 2.68. The van der Waals surface area contributed by atoms with Crippen molar-refractivity contribution in [3.8, 4) is 11.8 Å². The average Bonchev–Trinajstić information content (AvgIpc) is 3.02. The molecule has 146 valence electrons. The molecule has 26 heavy (non-hydrogen) atoms. The van der Waals surface area contributed by atoms with Crippen LogP contribution in [0.15, 0.2) is 0 Å². The van der Waals surface area contributed by atoms with Crippen molar-refractivity contribution >= 4 is 0 Å². The SMILES string of the molecule is CC#CCC1(O)CC2CC[C@@H]3[C@@H](CC[C@]4(C)CCC[C@@H]34)[C@@]2(C)CC1CO. The van der Waals surface area contributed by atoms with E-state index in [9.17, 15) is 10.2 Å². The first-order chi connectivity index (χ1) is 12.4. The first-order valence-corrected chi connectivity index (χ1v) is 11.1. The van der Waals surface area contributed by atoms with Gasteiger partial charge in [-0.3, -0.25) is 0 Å². The topological polar surface area (TPSA) is 40.5 Å². The van der Waals surface area contributed by atoms with Gasteiger partial charge in [0.2, 0.25) is 0 Å². The van der Waals surface area contributed by atoms with Gasteiger partial charge >= 0.3 is 0 Å². The van der Waals surface area contributed by atoms with Gasteiger partial charge in [0.15, 0.2) is 0 Å². The van der Waals surface area contributed by atoms with Crippen molar-refractivity contribution in [1.29, 1.82) is 0 Å². The Bertz CT molecular complexity index is 603. The van der Waals surface area contributed by atoms with Crippen molar-refractivity contribution < 1.29 is 10.2 Å². The Morgan fingerprint density at radius 2 is 1.81 bits per heavy atom. The number of hydrogen-bond donors (Lipinski definition) is 2. The average molecular weight is 359 g/mol. The summed E-state index contributed by atoms with van der Waals surface area (Å²) in [6.07, 6.45) is 12.1. The second-order valence-electron chi connectivity index (χ2n) is 10.7. The van der Waals surface area contributed by atoms with Crippen LogP contribution in [0, 0.1) is 52.3 Å². The zero-order chi connectivity index (χ0) is 18.6. The van der Waals surface area contributed by atoms with Crippen molar-refractivity contribution in [3.05, 3.63) is 0 Å². The first-order valence-electron chi connectivity index (χ1n) is 11.1. The minimum Gasteiger partial charge on any atom is -0.396 e. The van der Waals surface area contributed by atoms with Crippen LogP contribution in [0.5, 0.6) is 0 Å². The molecule has 0 aromatic carbocycles. The zero-order valence-corrected chi connectivity index (χ0v) is 17.1. The van der Waals surface area contributed by atoms with Gasteiger partial charge in [0.05, 0.1) is 5.60 Å². The molecule has 4 aliphatic rings. The summed E-state index contributed by atoms with van der Waals surface area (Å²) in [5, 5.41) is 21.5. The van der Waals surface area contributed by atoms with Crippen LogP contribution in [0.4, 0.5) is 0 Å². The Morgan fingerprint density at radius 1 is 1.00 bits per heavy atom. The molecular weight excluding hydrogens is 320 g/mol. The zero-order valence-electron chi connectivity index (χ0n) is 17.1. The van der Waals surface area contributed by atoms with Gasteiger partial charge in [0, 0.05) is 18.9 Å². The number of fused-ring (bicyclic) bond motifs is 5. The number of aliphatic hydroxyl groups is 2. The smallest absolute Gasteiger partial charge is 0.0809 e. The van der Waals surface area contributed by atoms with E-state index in [1.807, 2.05) is 6.92 Å². The van der Waals surface area contributed by atoms with E-state index < -0.39 is 5.60 Å². The van der Waals surface area contributed by atoms with E-state index in [-0.39, 0.29) is 12.5 Å². The van der Waals surface area contributed by atoms with Crippen molar-refractivity contribution in [2.75, 3.05) is 6.61 Å². The monoisotopic (exact) mass is 358 g/mol. The minimum absolute atomic E-state index is 0.0137. The molecule has 2 nitrogen and oxygen atoms in total. The quantitative estimate of drug-likeness (QED) is 0.697. The van der Waals surface area contributed by atoms with Gasteiger partial charge in [-0.1, -0.05) is 20.3 Å². The molecule has 0 amide bonds. The van der Waals surface area contributed by atoms with E-state index in [1.165, 1.54) is 44.9 Å². The highest BCUT2D eigenvalue weighted by Crippen LogP contribution is 2.67. The lowest BCUT2D eigenvalue weighted by molar-refractivity contribution is -0.178. The number of rotatable bonds is 2. The summed E-state index contributed by atoms with van der Waals surface area (Å²) in [5.74, 6) is 9.26. The fourth-order valence-electron chi connectivity index (χ4n) is 8.19. The maximum absolute atomic E-state index is 11.3. The normalized spacial score (nSPS) is 53.0. The maximum Gasteiger partial charge on any atom is 0.0809 e. The Balaban J connectivity index is 1.61. The molecule has 0 aromatic rings. The Hall–Kier alpha value is -0.520. The number of hydrogen-bond acceptors (Lipinski definition) is 2. The Labute approximate surface area is 160 Å². The highest BCUT2D eigenvalue weighted by atomic mass is 16.3. The van der Waals surface area contributed by atoms with Gasteiger partial charge in [0.25, 0.3) is 0 Å². The molecule has 0 saturated heterocycles. The van der Waals surface area contributed by atoms with Crippen LogP contribution in [0.2, 0.25) is 0 Å². The molecule has 3 unspecified atom stereocenters. The number of aliphatic hydroxyl groups excluding tert-OH is 1. The van der Waals surface area contributed by atoms with Crippen LogP contribution in [-0.4, -0.2) is 22.4 Å². The standard InChI is InChI=1S/C24H38O2/c1-4-5-12-24(26)15-17-8-9-19-20-7-6-11-22(20,2)13-10-21(19)23(17,3)14-18(24)16-25/h17-21,25-26H,6-16H2,1-3H3/t17?,18?,19-,20-,21+,22-,23-,24?/m0/s1. The first kappa shape index (κ1) is 18.8. The van der Waals surface area contributed by atoms with Gasteiger partial charge < -0.3 is 10.2 Å². The van der Waals surface area contributed by atoms with E-state index in [0.29, 0.717) is 23.2 Å². The summed E-state index contributed by atoms with van der Waals surface area (Å²) in [5.41, 5.74) is 0.115. The highest BCUT2D eigenvalue weighted by molar-refractivity contribution is 5.13. The van der Waals surface area contributed by atoms with Crippen LogP contribution < -0.4 is 0 Å². The van der Waals surface area contributed by atoms with E-state index in [1.54, 1.807) is 0 Å². The van der Waals surface area contributed by atoms with E-state index in [4.69, 9.17) is 0 Å².